The van der Waals surface area contributed by atoms with E-state index >= 15 is 0 Å². The lowest BCUT2D eigenvalue weighted by molar-refractivity contribution is 0.0932. The minimum absolute atomic E-state index is 0.214. The minimum Gasteiger partial charge on any atom is -0.383 e. The number of imidazole rings is 1. The van der Waals surface area contributed by atoms with Crippen molar-refractivity contribution in [1.82, 2.24) is 19.9 Å². The largest absolute Gasteiger partial charge is 0.383 e. The molecule has 1 aromatic carbocycles. The molecule has 6 nitrogen and oxygen atoms in total. The monoisotopic (exact) mass is 324 g/mol. The van der Waals surface area contributed by atoms with Crippen molar-refractivity contribution >= 4 is 16.9 Å². The van der Waals surface area contributed by atoms with Gasteiger partial charge in [0.25, 0.3) is 5.91 Å². The molecule has 0 fully saturated rings. The number of fused-ring (bicyclic) bond motifs is 1. The Bertz CT molecular complexity index is 829. The van der Waals surface area contributed by atoms with E-state index in [2.05, 4.69) is 19.9 Å². The van der Waals surface area contributed by atoms with Crippen LogP contribution >= 0.6 is 0 Å². The number of carbonyl (C=O) groups excluding carboxylic acids is 1. The molecular weight excluding hydrogens is 304 g/mol. The van der Waals surface area contributed by atoms with Crippen molar-refractivity contribution in [3.8, 4) is 0 Å². The van der Waals surface area contributed by atoms with Gasteiger partial charge in [0.2, 0.25) is 0 Å². The number of aromatic nitrogens is 3. The van der Waals surface area contributed by atoms with Gasteiger partial charge in [0.15, 0.2) is 0 Å². The standard InChI is InChI=1S/C18H20N4O2/c1-13(20-18(23)15-8-5-6-10-19-15)17-21-14-7-3-4-9-16(14)22(17)11-12-24-2/h3-10,13H,11-12H2,1-2H3,(H,20,23)/t13-/m1/s1. The molecule has 0 saturated heterocycles. The maximum Gasteiger partial charge on any atom is 0.270 e. The second-order valence-corrected chi connectivity index (χ2v) is 5.51. The zero-order valence-electron chi connectivity index (χ0n) is 13.8. The molecule has 0 radical (unpaired) electrons. The summed E-state index contributed by atoms with van der Waals surface area (Å²) in [7, 11) is 1.67. The number of pyridine rings is 1. The Morgan fingerprint density at radius 2 is 2.04 bits per heavy atom. The molecule has 2 heterocycles. The normalized spacial score (nSPS) is 12.2. The van der Waals surface area contributed by atoms with Gasteiger partial charge in [0.1, 0.15) is 11.5 Å². The number of amides is 1. The Hall–Kier alpha value is -2.73. The maximum absolute atomic E-state index is 12.3. The van der Waals surface area contributed by atoms with Crippen molar-refractivity contribution in [2.24, 2.45) is 0 Å². The summed E-state index contributed by atoms with van der Waals surface area (Å²) in [4.78, 5) is 21.1. The maximum atomic E-state index is 12.3. The molecule has 0 bridgehead atoms. The topological polar surface area (TPSA) is 69.0 Å². The number of para-hydroxylation sites is 2. The second kappa shape index (κ2) is 7.23. The van der Waals surface area contributed by atoms with Crippen LogP contribution in [-0.4, -0.2) is 34.2 Å². The number of benzene rings is 1. The molecule has 0 aliphatic heterocycles. The third-order valence-corrected chi connectivity index (χ3v) is 3.84. The highest BCUT2D eigenvalue weighted by Crippen LogP contribution is 2.21. The average molecular weight is 324 g/mol. The van der Waals surface area contributed by atoms with Gasteiger partial charge in [-0.1, -0.05) is 18.2 Å². The molecule has 24 heavy (non-hydrogen) atoms. The second-order valence-electron chi connectivity index (χ2n) is 5.51. The van der Waals surface area contributed by atoms with Gasteiger partial charge in [-0.05, 0) is 31.2 Å². The van der Waals surface area contributed by atoms with Gasteiger partial charge in [-0.15, -0.1) is 0 Å². The number of nitrogens with one attached hydrogen (secondary N) is 1. The van der Waals surface area contributed by atoms with Crippen LogP contribution in [0.4, 0.5) is 0 Å². The van der Waals surface area contributed by atoms with Crippen molar-refractivity contribution in [1.29, 1.82) is 0 Å². The number of rotatable bonds is 6. The molecule has 0 aliphatic carbocycles. The van der Waals surface area contributed by atoms with Crippen molar-refractivity contribution in [3.63, 3.8) is 0 Å². The lowest BCUT2D eigenvalue weighted by Gasteiger charge is -2.16. The molecule has 0 unspecified atom stereocenters. The smallest absolute Gasteiger partial charge is 0.270 e. The van der Waals surface area contributed by atoms with Gasteiger partial charge in [0, 0.05) is 19.9 Å². The van der Waals surface area contributed by atoms with Crippen molar-refractivity contribution in [2.75, 3.05) is 13.7 Å². The molecule has 0 saturated carbocycles. The Labute approximate surface area is 140 Å². The van der Waals surface area contributed by atoms with E-state index in [0.717, 1.165) is 16.9 Å². The molecule has 2 aromatic heterocycles. The van der Waals surface area contributed by atoms with Crippen LogP contribution in [-0.2, 0) is 11.3 Å². The number of methoxy groups -OCH3 is 1. The van der Waals surface area contributed by atoms with E-state index in [1.807, 2.05) is 31.2 Å². The third-order valence-electron chi connectivity index (χ3n) is 3.84. The fraction of sp³-hybridized carbons (Fsp3) is 0.278. The first-order chi connectivity index (χ1) is 11.7. The summed E-state index contributed by atoms with van der Waals surface area (Å²) in [6, 6.07) is 12.9. The molecule has 0 aliphatic rings. The average Bonchev–Trinajstić information content (AvgIpc) is 2.99. The minimum atomic E-state index is -0.247. The first kappa shape index (κ1) is 16.1. The van der Waals surface area contributed by atoms with E-state index in [1.165, 1.54) is 0 Å². The summed E-state index contributed by atoms with van der Waals surface area (Å²) in [5.41, 5.74) is 2.33. The van der Waals surface area contributed by atoms with Crippen LogP contribution in [0.3, 0.4) is 0 Å². The van der Waals surface area contributed by atoms with Crippen molar-refractivity contribution in [3.05, 3.63) is 60.2 Å². The summed E-state index contributed by atoms with van der Waals surface area (Å²) < 4.78 is 7.29. The third kappa shape index (κ3) is 3.28. The van der Waals surface area contributed by atoms with Crippen LogP contribution in [0.1, 0.15) is 29.3 Å². The number of hydrogen-bond acceptors (Lipinski definition) is 4. The van der Waals surface area contributed by atoms with E-state index in [9.17, 15) is 4.79 Å². The van der Waals surface area contributed by atoms with E-state index in [-0.39, 0.29) is 11.9 Å². The lowest BCUT2D eigenvalue weighted by Crippen LogP contribution is -2.29. The SMILES string of the molecule is COCCn1c([C@@H](C)NC(=O)c2ccccn2)nc2ccccc21. The van der Waals surface area contributed by atoms with Crippen molar-refractivity contribution < 1.29 is 9.53 Å². The fourth-order valence-electron chi connectivity index (χ4n) is 2.67. The number of nitrogens with zero attached hydrogens (tertiary/aromatic N) is 3. The van der Waals surface area contributed by atoms with Crippen LogP contribution in [0.25, 0.3) is 11.0 Å². The van der Waals surface area contributed by atoms with Crippen LogP contribution < -0.4 is 5.32 Å². The Kier molecular flexibility index (Phi) is 4.86. The summed E-state index contributed by atoms with van der Waals surface area (Å²) in [6.45, 7) is 3.18. The molecule has 3 aromatic rings. The van der Waals surface area contributed by atoms with Crippen LogP contribution in [0.2, 0.25) is 0 Å². The Balaban J connectivity index is 1.88. The number of hydrogen-bond donors (Lipinski definition) is 1. The molecule has 1 atom stereocenters. The highest BCUT2D eigenvalue weighted by molar-refractivity contribution is 5.92. The van der Waals surface area contributed by atoms with E-state index < -0.39 is 0 Å². The van der Waals surface area contributed by atoms with E-state index in [1.54, 1.807) is 31.5 Å². The van der Waals surface area contributed by atoms with Crippen LogP contribution in [0.15, 0.2) is 48.7 Å². The quantitative estimate of drug-likeness (QED) is 0.756. The molecule has 124 valence electrons. The summed E-state index contributed by atoms with van der Waals surface area (Å²) >= 11 is 0. The molecular formula is C18H20N4O2. The summed E-state index contributed by atoms with van der Waals surface area (Å²) in [5, 5.41) is 2.96. The van der Waals surface area contributed by atoms with Gasteiger partial charge < -0.3 is 14.6 Å². The predicted molar refractivity (Wildman–Crippen MR) is 91.7 cm³/mol. The van der Waals surface area contributed by atoms with E-state index in [0.29, 0.717) is 18.8 Å². The first-order valence-electron chi connectivity index (χ1n) is 7.86. The fourth-order valence-corrected chi connectivity index (χ4v) is 2.67. The van der Waals surface area contributed by atoms with Gasteiger partial charge in [0.05, 0.1) is 23.7 Å². The van der Waals surface area contributed by atoms with Gasteiger partial charge in [-0.25, -0.2) is 4.98 Å². The molecule has 6 heteroatoms. The summed E-state index contributed by atoms with van der Waals surface area (Å²) in [5.74, 6) is 0.589. The molecule has 1 amide bonds. The molecule has 0 spiro atoms. The Morgan fingerprint density at radius 1 is 1.25 bits per heavy atom. The Morgan fingerprint density at radius 3 is 2.79 bits per heavy atom. The van der Waals surface area contributed by atoms with Crippen molar-refractivity contribution in [2.45, 2.75) is 19.5 Å². The molecule has 3 rings (SSSR count). The summed E-state index contributed by atoms with van der Waals surface area (Å²) in [6.07, 6.45) is 1.60. The zero-order valence-corrected chi connectivity index (χ0v) is 13.8. The highest BCUT2D eigenvalue weighted by Gasteiger charge is 2.19. The van der Waals surface area contributed by atoms with Crippen LogP contribution in [0.5, 0.6) is 0 Å². The van der Waals surface area contributed by atoms with Gasteiger partial charge in [-0.3, -0.25) is 9.78 Å². The lowest BCUT2D eigenvalue weighted by atomic mass is 10.2. The number of ether oxygens (including phenoxy) is 1. The zero-order chi connectivity index (χ0) is 16.9. The van der Waals surface area contributed by atoms with Crippen LogP contribution in [0, 0.1) is 0 Å². The highest BCUT2D eigenvalue weighted by atomic mass is 16.5. The number of carbonyl (C=O) groups is 1. The van der Waals surface area contributed by atoms with Gasteiger partial charge in [-0.2, -0.15) is 0 Å². The first-order valence-corrected chi connectivity index (χ1v) is 7.86. The van der Waals surface area contributed by atoms with E-state index in [4.69, 9.17) is 4.74 Å². The molecule has 1 N–H and O–H groups in total. The predicted octanol–water partition coefficient (Wildman–Crippen LogP) is 2.57. The van der Waals surface area contributed by atoms with Gasteiger partial charge >= 0.3 is 0 Å².